The first-order valence-corrected chi connectivity index (χ1v) is 8.88. The van der Waals surface area contributed by atoms with Crippen LogP contribution in [0.4, 0.5) is 10.9 Å². The number of thioether (sulfide) groups is 1. The van der Waals surface area contributed by atoms with Crippen LogP contribution in [0.1, 0.15) is 0 Å². The second-order valence-electron chi connectivity index (χ2n) is 4.63. The molecule has 2 heterocycles. The maximum absolute atomic E-state index is 12.4. The van der Waals surface area contributed by atoms with Gasteiger partial charge in [0.05, 0.1) is 6.20 Å². The van der Waals surface area contributed by atoms with Crippen LogP contribution in [0.3, 0.4) is 0 Å². The van der Waals surface area contributed by atoms with Crippen LogP contribution in [-0.4, -0.2) is 25.4 Å². The van der Waals surface area contributed by atoms with Crippen molar-refractivity contribution in [3.05, 3.63) is 55.6 Å². The number of benzene rings is 1. The molecule has 0 amide bonds. The Morgan fingerprint density at radius 1 is 1.20 bits per heavy atom. The van der Waals surface area contributed by atoms with Gasteiger partial charge >= 0.3 is 0 Å². The third-order valence-electron chi connectivity index (χ3n) is 3.04. The summed E-state index contributed by atoms with van der Waals surface area (Å²) in [5.74, 6) is 0.540. The van der Waals surface area contributed by atoms with Crippen LogP contribution < -0.4 is 32.4 Å². The molecule has 0 spiro atoms. The van der Waals surface area contributed by atoms with Gasteiger partial charge in [-0.3, -0.25) is 25.1 Å². The number of nitrogens with one attached hydrogen (secondary N) is 2. The molecule has 3 aromatic rings. The molecule has 10 nitrogen and oxygen atoms in total. The van der Waals surface area contributed by atoms with Gasteiger partial charge in [-0.2, -0.15) is 24.7 Å². The summed E-state index contributed by atoms with van der Waals surface area (Å²) in [4.78, 5) is 28.5. The summed E-state index contributed by atoms with van der Waals surface area (Å²) in [6, 6.07) is 4.23. The largest absolute Gasteiger partial charge is 0.287 e. The van der Waals surface area contributed by atoms with Gasteiger partial charge in [-0.05, 0) is 18.4 Å². The molecule has 12 heteroatoms. The van der Waals surface area contributed by atoms with Crippen molar-refractivity contribution in [1.82, 2.24) is 19.1 Å². The van der Waals surface area contributed by atoms with Crippen LogP contribution in [-0.2, 0) is 7.05 Å². The fourth-order valence-electron chi connectivity index (χ4n) is 1.78. The summed E-state index contributed by atoms with van der Waals surface area (Å²) in [7, 11) is 1.70. The zero-order valence-corrected chi connectivity index (χ0v) is 14.8. The first-order valence-electron chi connectivity index (χ1n) is 6.88. The minimum Gasteiger partial charge on any atom is -0.287 e. The molecule has 0 aliphatic heterocycles. The molecule has 0 aliphatic rings. The van der Waals surface area contributed by atoms with Gasteiger partial charge in [0.25, 0.3) is 0 Å². The highest BCUT2D eigenvalue weighted by atomic mass is 32.2. The lowest BCUT2D eigenvalue weighted by atomic mass is 10.3. The fraction of sp³-hybridized carbons (Fsp3) is 0.154. The Hall–Kier alpha value is -2.86. The minimum atomic E-state index is -0.593. The molecule has 0 radical (unpaired) electrons. The highest BCUT2D eigenvalue weighted by molar-refractivity contribution is 7.98. The first kappa shape index (κ1) is 17.0. The van der Waals surface area contributed by atoms with Crippen molar-refractivity contribution >= 4 is 34.2 Å². The fourth-order valence-corrected chi connectivity index (χ4v) is 2.85. The van der Waals surface area contributed by atoms with Gasteiger partial charge < -0.3 is 0 Å². The van der Waals surface area contributed by atoms with Crippen molar-refractivity contribution in [1.29, 1.82) is 0 Å². The Morgan fingerprint density at radius 3 is 2.72 bits per heavy atom. The van der Waals surface area contributed by atoms with E-state index in [1.54, 1.807) is 19.3 Å². The Bertz CT molecular complexity index is 1110. The summed E-state index contributed by atoms with van der Waals surface area (Å²) in [5, 5.41) is 12.7. The molecular weight excluding hydrogens is 364 g/mol. The number of hydrogen-bond acceptors (Lipinski definition) is 11. The molecule has 0 aliphatic carbocycles. The van der Waals surface area contributed by atoms with Crippen molar-refractivity contribution in [3.8, 4) is 0 Å². The number of aromatic nitrogens is 4. The third-order valence-corrected chi connectivity index (χ3v) is 4.32. The van der Waals surface area contributed by atoms with E-state index in [9.17, 15) is 9.59 Å². The Kier molecular flexibility index (Phi) is 5.00. The lowest BCUT2D eigenvalue weighted by Gasteiger charge is -1.98. The topological polar surface area (TPSA) is 127 Å². The molecule has 0 unspecified atom stereocenters. The molecule has 0 fully saturated rings. The van der Waals surface area contributed by atoms with Crippen molar-refractivity contribution in [2.75, 3.05) is 17.1 Å². The molecule has 0 atom stereocenters. The summed E-state index contributed by atoms with van der Waals surface area (Å²) in [6.07, 6.45) is 3.42. The summed E-state index contributed by atoms with van der Waals surface area (Å²) < 4.78 is 5.59. The zero-order chi connectivity index (χ0) is 17.8. The molecule has 0 saturated heterocycles. The first-order chi connectivity index (χ1) is 12.1. The normalized spacial score (nSPS) is 12.6. The van der Waals surface area contributed by atoms with E-state index in [0.29, 0.717) is 16.1 Å². The van der Waals surface area contributed by atoms with Crippen LogP contribution in [0.15, 0.2) is 49.3 Å². The highest BCUT2D eigenvalue weighted by Crippen LogP contribution is 2.16. The lowest BCUT2D eigenvalue weighted by Crippen LogP contribution is -2.48. The predicted molar refractivity (Wildman–Crippen MR) is 94.6 cm³/mol. The van der Waals surface area contributed by atoms with E-state index in [-0.39, 0.29) is 10.7 Å². The van der Waals surface area contributed by atoms with Crippen molar-refractivity contribution in [3.63, 3.8) is 0 Å². The summed E-state index contributed by atoms with van der Waals surface area (Å²) >= 11 is 2.52. The monoisotopic (exact) mass is 376 g/mol. The zero-order valence-electron chi connectivity index (χ0n) is 13.1. The third kappa shape index (κ3) is 3.80. The number of anilines is 2. The van der Waals surface area contributed by atoms with E-state index < -0.39 is 10.9 Å². The van der Waals surface area contributed by atoms with E-state index in [4.69, 9.17) is 0 Å². The van der Waals surface area contributed by atoms with Gasteiger partial charge in [0.1, 0.15) is 11.2 Å². The van der Waals surface area contributed by atoms with Gasteiger partial charge in [0, 0.05) is 24.6 Å². The lowest BCUT2D eigenvalue weighted by molar-refractivity contribution is 0.770. The second kappa shape index (κ2) is 7.36. The molecule has 0 bridgehead atoms. The van der Waals surface area contributed by atoms with E-state index in [2.05, 4.69) is 35.5 Å². The van der Waals surface area contributed by atoms with E-state index in [1.165, 1.54) is 28.6 Å². The maximum atomic E-state index is 12.4. The van der Waals surface area contributed by atoms with Gasteiger partial charge in [0.15, 0.2) is 5.36 Å². The molecule has 1 aromatic carbocycles. The van der Waals surface area contributed by atoms with E-state index in [1.807, 2.05) is 6.26 Å². The number of rotatable bonds is 5. The van der Waals surface area contributed by atoms with Crippen molar-refractivity contribution in [2.24, 2.45) is 17.3 Å². The van der Waals surface area contributed by atoms with Gasteiger partial charge in [-0.15, -0.1) is 0 Å². The SMILES string of the molecule is CSc1nsc(NN=c2ccc(=O)c(=NNc3ccnn3C)c2=O)n1. The molecule has 128 valence electrons. The molecule has 2 aromatic heterocycles. The van der Waals surface area contributed by atoms with E-state index >= 15 is 0 Å². The maximum Gasteiger partial charge on any atom is 0.237 e. The Labute approximate surface area is 148 Å². The average molecular weight is 376 g/mol. The van der Waals surface area contributed by atoms with Crippen molar-refractivity contribution < 1.29 is 0 Å². The molecule has 0 saturated carbocycles. The predicted octanol–water partition coefficient (Wildman–Crippen LogP) is -0.555. The summed E-state index contributed by atoms with van der Waals surface area (Å²) in [5.41, 5.74) is 4.21. The smallest absolute Gasteiger partial charge is 0.237 e. The Morgan fingerprint density at radius 2 is 2.04 bits per heavy atom. The van der Waals surface area contributed by atoms with Crippen LogP contribution in [0, 0.1) is 0 Å². The van der Waals surface area contributed by atoms with Gasteiger partial charge in [-0.1, -0.05) is 11.8 Å². The second-order valence-corrected chi connectivity index (χ2v) is 6.16. The standard InChI is InChI=1S/C13H12N8O2S2/c1-21-9(5-6-14-21)17-18-10-8(22)4-3-7(11(10)23)16-19-12-15-13(24-2)20-25-12/h3-6,17H,1-2H3,(H,15,19,20). The average Bonchev–Trinajstić information content (AvgIpc) is 3.23. The molecular formula is C13H12N8O2S2. The summed E-state index contributed by atoms with van der Waals surface area (Å²) in [6.45, 7) is 0. The molecule has 25 heavy (non-hydrogen) atoms. The highest BCUT2D eigenvalue weighted by Gasteiger charge is 2.04. The minimum absolute atomic E-state index is 0.0473. The van der Waals surface area contributed by atoms with Crippen molar-refractivity contribution in [2.45, 2.75) is 5.16 Å². The number of hydrogen-bond donors (Lipinski definition) is 2. The number of nitrogens with zero attached hydrogens (tertiary/aromatic N) is 6. The van der Waals surface area contributed by atoms with Crippen LogP contribution in [0.25, 0.3) is 0 Å². The quantitative estimate of drug-likeness (QED) is 0.448. The van der Waals surface area contributed by atoms with Crippen LogP contribution in [0.2, 0.25) is 0 Å². The number of aryl methyl sites for hydroxylation is 1. The molecule has 2 N–H and O–H groups in total. The van der Waals surface area contributed by atoms with E-state index in [0.717, 1.165) is 11.5 Å². The van der Waals surface area contributed by atoms with Crippen LogP contribution >= 0.6 is 23.3 Å². The van der Waals surface area contributed by atoms with Gasteiger partial charge in [0.2, 0.25) is 21.1 Å². The van der Waals surface area contributed by atoms with Crippen LogP contribution in [0.5, 0.6) is 0 Å². The molecule has 3 rings (SSSR count). The Balaban J connectivity index is 1.94. The van der Waals surface area contributed by atoms with Gasteiger partial charge in [-0.25, -0.2) is 0 Å².